The van der Waals surface area contributed by atoms with Gasteiger partial charge in [0.1, 0.15) is 6.61 Å². The zero-order valence-corrected chi connectivity index (χ0v) is 11.7. The molecule has 0 aliphatic carbocycles. The third kappa shape index (κ3) is 7.09. The summed E-state index contributed by atoms with van der Waals surface area (Å²) in [7, 11) is 0. The minimum atomic E-state index is -4.26. The van der Waals surface area contributed by atoms with Gasteiger partial charge in [0.25, 0.3) is 0 Å². The average molecular weight is 297 g/mol. The van der Waals surface area contributed by atoms with Gasteiger partial charge in [-0.05, 0) is 32.7 Å². The molecule has 118 valence electrons. The third-order valence-corrected chi connectivity index (χ3v) is 3.15. The van der Waals surface area contributed by atoms with Crippen molar-refractivity contribution in [3.8, 4) is 0 Å². The molecule has 0 radical (unpaired) electrons. The van der Waals surface area contributed by atoms with Crippen LogP contribution in [0.2, 0.25) is 0 Å². The van der Waals surface area contributed by atoms with Crippen LogP contribution in [-0.4, -0.2) is 56.5 Å². The predicted octanol–water partition coefficient (Wildman–Crippen LogP) is 2.23. The highest BCUT2D eigenvalue weighted by Gasteiger charge is 2.28. The van der Waals surface area contributed by atoms with Gasteiger partial charge in [-0.2, -0.15) is 13.2 Å². The zero-order chi connectivity index (χ0) is 15.0. The molecule has 0 saturated carbocycles. The molecule has 1 aliphatic rings. The van der Waals surface area contributed by atoms with Gasteiger partial charge < -0.3 is 14.4 Å². The van der Waals surface area contributed by atoms with Crippen LogP contribution in [-0.2, 0) is 14.3 Å². The van der Waals surface area contributed by atoms with Gasteiger partial charge in [-0.1, -0.05) is 0 Å². The number of carbonyl (C=O) groups excluding carboxylic acids is 1. The maximum atomic E-state index is 11.9. The number of piperidine rings is 1. The van der Waals surface area contributed by atoms with E-state index in [0.29, 0.717) is 26.1 Å². The Hall–Kier alpha value is -0.820. The summed E-state index contributed by atoms with van der Waals surface area (Å²) in [5.41, 5.74) is 0. The standard InChI is InChI=1S/C13H22F3NO3/c1-2-20-12(18)11-5-3-6-17(9-11)7-4-8-19-10-13(14,15)16/h11H,2-10H2,1H3. The van der Waals surface area contributed by atoms with Gasteiger partial charge in [-0.25, -0.2) is 0 Å². The largest absolute Gasteiger partial charge is 0.466 e. The van der Waals surface area contributed by atoms with E-state index < -0.39 is 12.8 Å². The fraction of sp³-hybridized carbons (Fsp3) is 0.923. The van der Waals surface area contributed by atoms with E-state index in [2.05, 4.69) is 9.64 Å². The van der Waals surface area contributed by atoms with Crippen molar-refractivity contribution >= 4 is 5.97 Å². The topological polar surface area (TPSA) is 38.8 Å². The van der Waals surface area contributed by atoms with Crippen molar-refractivity contribution in [1.29, 1.82) is 0 Å². The molecule has 1 saturated heterocycles. The van der Waals surface area contributed by atoms with E-state index in [0.717, 1.165) is 19.4 Å². The highest BCUT2D eigenvalue weighted by molar-refractivity contribution is 5.72. The van der Waals surface area contributed by atoms with Crippen molar-refractivity contribution in [1.82, 2.24) is 4.90 Å². The minimum Gasteiger partial charge on any atom is -0.466 e. The maximum Gasteiger partial charge on any atom is 0.411 e. The van der Waals surface area contributed by atoms with Crippen molar-refractivity contribution in [3.63, 3.8) is 0 Å². The predicted molar refractivity (Wildman–Crippen MR) is 67.3 cm³/mol. The summed E-state index contributed by atoms with van der Waals surface area (Å²) in [5, 5.41) is 0. The van der Waals surface area contributed by atoms with E-state index in [-0.39, 0.29) is 18.5 Å². The van der Waals surface area contributed by atoms with Gasteiger partial charge in [0.05, 0.1) is 12.5 Å². The second-order valence-electron chi connectivity index (χ2n) is 4.91. The monoisotopic (exact) mass is 297 g/mol. The molecule has 1 heterocycles. The Balaban J connectivity index is 2.16. The lowest BCUT2D eigenvalue weighted by Gasteiger charge is -2.31. The van der Waals surface area contributed by atoms with Gasteiger partial charge in [0, 0.05) is 19.7 Å². The highest BCUT2D eigenvalue weighted by Crippen LogP contribution is 2.18. The summed E-state index contributed by atoms with van der Waals surface area (Å²) < 4.78 is 45.1. The van der Waals surface area contributed by atoms with Crippen LogP contribution in [0.3, 0.4) is 0 Å². The van der Waals surface area contributed by atoms with Crippen LogP contribution < -0.4 is 0 Å². The fourth-order valence-corrected chi connectivity index (χ4v) is 2.29. The molecule has 20 heavy (non-hydrogen) atoms. The molecular weight excluding hydrogens is 275 g/mol. The summed E-state index contributed by atoms with van der Waals surface area (Å²) >= 11 is 0. The Morgan fingerprint density at radius 3 is 2.80 bits per heavy atom. The molecule has 0 aromatic carbocycles. The number of alkyl halides is 3. The van der Waals surface area contributed by atoms with Crippen LogP contribution in [0.15, 0.2) is 0 Å². The molecule has 0 spiro atoms. The van der Waals surface area contributed by atoms with Crippen molar-refractivity contribution in [3.05, 3.63) is 0 Å². The first-order chi connectivity index (χ1) is 9.42. The number of nitrogens with zero attached hydrogens (tertiary/aromatic N) is 1. The molecule has 1 atom stereocenters. The summed E-state index contributed by atoms with van der Waals surface area (Å²) in [6.07, 6.45) is -2.00. The normalized spacial score (nSPS) is 20.9. The molecule has 0 amide bonds. The first kappa shape index (κ1) is 17.2. The SMILES string of the molecule is CCOC(=O)C1CCCN(CCCOCC(F)(F)F)C1. The third-order valence-electron chi connectivity index (χ3n) is 3.15. The molecule has 0 aromatic heterocycles. The average Bonchev–Trinajstić information content (AvgIpc) is 2.37. The van der Waals surface area contributed by atoms with Gasteiger partial charge >= 0.3 is 12.1 Å². The Morgan fingerprint density at radius 2 is 2.15 bits per heavy atom. The second-order valence-corrected chi connectivity index (χ2v) is 4.91. The van der Waals surface area contributed by atoms with Crippen molar-refractivity contribution in [2.45, 2.75) is 32.4 Å². The summed E-state index contributed by atoms with van der Waals surface area (Å²) in [5.74, 6) is -0.287. The molecule has 1 rings (SSSR count). The number of ether oxygens (including phenoxy) is 2. The molecule has 4 nitrogen and oxygen atoms in total. The van der Waals surface area contributed by atoms with Crippen LogP contribution in [0.25, 0.3) is 0 Å². The quantitative estimate of drug-likeness (QED) is 0.533. The first-order valence-corrected chi connectivity index (χ1v) is 6.96. The highest BCUT2D eigenvalue weighted by atomic mass is 19.4. The molecule has 7 heteroatoms. The van der Waals surface area contributed by atoms with Crippen molar-refractivity contribution in [2.24, 2.45) is 5.92 Å². The summed E-state index contributed by atoms with van der Waals surface area (Å²) in [6.45, 7) is 3.18. The smallest absolute Gasteiger partial charge is 0.411 e. The van der Waals surface area contributed by atoms with E-state index in [1.54, 1.807) is 6.92 Å². The van der Waals surface area contributed by atoms with Gasteiger partial charge in [-0.15, -0.1) is 0 Å². The molecule has 1 aliphatic heterocycles. The Bertz CT molecular complexity index is 297. The van der Waals surface area contributed by atoms with E-state index in [4.69, 9.17) is 4.74 Å². The number of carbonyl (C=O) groups is 1. The number of hydrogen-bond acceptors (Lipinski definition) is 4. The summed E-state index contributed by atoms with van der Waals surface area (Å²) in [4.78, 5) is 13.7. The zero-order valence-electron chi connectivity index (χ0n) is 11.7. The second kappa shape index (κ2) is 8.46. The maximum absolute atomic E-state index is 11.9. The molecule has 1 unspecified atom stereocenters. The summed E-state index contributed by atoms with van der Waals surface area (Å²) in [6, 6.07) is 0. The van der Waals surface area contributed by atoms with E-state index in [1.165, 1.54) is 0 Å². The van der Waals surface area contributed by atoms with Crippen LogP contribution in [0, 0.1) is 5.92 Å². The number of likely N-dealkylation sites (tertiary alicyclic amines) is 1. The number of rotatable bonds is 7. The van der Waals surface area contributed by atoms with Crippen LogP contribution in [0.1, 0.15) is 26.2 Å². The van der Waals surface area contributed by atoms with Crippen LogP contribution in [0.5, 0.6) is 0 Å². The Kier molecular flexibility index (Phi) is 7.29. The molecule has 0 bridgehead atoms. The van der Waals surface area contributed by atoms with E-state index in [9.17, 15) is 18.0 Å². The lowest BCUT2D eigenvalue weighted by atomic mass is 9.98. The van der Waals surface area contributed by atoms with Gasteiger partial charge in [0.15, 0.2) is 0 Å². The van der Waals surface area contributed by atoms with Gasteiger partial charge in [0.2, 0.25) is 0 Å². The van der Waals surface area contributed by atoms with Gasteiger partial charge in [-0.3, -0.25) is 4.79 Å². The van der Waals surface area contributed by atoms with Crippen molar-refractivity contribution < 1.29 is 27.4 Å². The number of hydrogen-bond donors (Lipinski definition) is 0. The van der Waals surface area contributed by atoms with E-state index in [1.807, 2.05) is 0 Å². The lowest BCUT2D eigenvalue weighted by Crippen LogP contribution is -2.40. The fourth-order valence-electron chi connectivity index (χ4n) is 2.29. The molecule has 1 fully saturated rings. The van der Waals surface area contributed by atoms with Crippen LogP contribution in [0.4, 0.5) is 13.2 Å². The Morgan fingerprint density at radius 1 is 1.40 bits per heavy atom. The van der Waals surface area contributed by atoms with Crippen molar-refractivity contribution in [2.75, 3.05) is 39.5 Å². The Labute approximate surface area is 117 Å². The van der Waals surface area contributed by atoms with E-state index >= 15 is 0 Å². The number of halogens is 3. The lowest BCUT2D eigenvalue weighted by molar-refractivity contribution is -0.174. The first-order valence-electron chi connectivity index (χ1n) is 6.96. The molecular formula is C13H22F3NO3. The minimum absolute atomic E-state index is 0.0834. The van der Waals surface area contributed by atoms with Crippen LogP contribution >= 0.6 is 0 Å². The number of esters is 1. The molecule has 0 aromatic rings. The molecule has 0 N–H and O–H groups in total.